The van der Waals surface area contributed by atoms with E-state index in [4.69, 9.17) is 0 Å². The van der Waals surface area contributed by atoms with Crippen molar-refractivity contribution in [2.24, 2.45) is 0 Å². The van der Waals surface area contributed by atoms with Crippen molar-refractivity contribution in [3.63, 3.8) is 0 Å². The summed E-state index contributed by atoms with van der Waals surface area (Å²) in [5.74, 6) is 4.52. The quantitative estimate of drug-likeness (QED) is 0.878. The number of thioether (sulfide) groups is 1. The number of rotatable bonds is 4. The molecule has 1 aromatic rings. The first kappa shape index (κ1) is 13.7. The molecule has 7 heteroatoms. The second-order valence-corrected chi connectivity index (χ2v) is 6.44. The van der Waals surface area contributed by atoms with Gasteiger partial charge in [0.1, 0.15) is 0 Å². The Morgan fingerprint density at radius 3 is 2.60 bits per heavy atom. The molecule has 3 heterocycles. The van der Waals surface area contributed by atoms with Gasteiger partial charge in [0.25, 0.3) is 0 Å². The molecule has 2 fully saturated rings. The molecule has 1 unspecified atom stereocenters. The molecule has 0 saturated carbocycles. The lowest BCUT2D eigenvalue weighted by Crippen LogP contribution is -2.32. The summed E-state index contributed by atoms with van der Waals surface area (Å²) in [7, 11) is 1.85. The monoisotopic (exact) mass is 294 g/mol. The lowest BCUT2D eigenvalue weighted by Gasteiger charge is -2.27. The summed E-state index contributed by atoms with van der Waals surface area (Å²) in [5.41, 5.74) is 0. The highest BCUT2D eigenvalue weighted by atomic mass is 32.2. The van der Waals surface area contributed by atoms with E-state index in [1.807, 2.05) is 18.8 Å². The Morgan fingerprint density at radius 1 is 1.10 bits per heavy atom. The fourth-order valence-electron chi connectivity index (χ4n) is 2.61. The summed E-state index contributed by atoms with van der Waals surface area (Å²) < 4.78 is 0. The van der Waals surface area contributed by atoms with Crippen LogP contribution in [0.2, 0.25) is 0 Å². The van der Waals surface area contributed by atoms with Crippen LogP contribution < -0.4 is 15.5 Å². The highest BCUT2D eigenvalue weighted by molar-refractivity contribution is 7.99. The van der Waals surface area contributed by atoms with Gasteiger partial charge >= 0.3 is 0 Å². The first-order chi connectivity index (χ1) is 9.85. The fraction of sp³-hybridized carbons (Fsp3) is 0.769. The van der Waals surface area contributed by atoms with Gasteiger partial charge in [-0.3, -0.25) is 0 Å². The van der Waals surface area contributed by atoms with Crippen molar-refractivity contribution in [1.82, 2.24) is 15.0 Å². The van der Waals surface area contributed by atoms with Crippen LogP contribution in [0.25, 0.3) is 0 Å². The molecule has 1 aromatic heterocycles. The molecule has 110 valence electrons. The lowest BCUT2D eigenvalue weighted by molar-refractivity contribution is 0.567. The molecule has 2 aliphatic rings. The Hall–Kier alpha value is -1.24. The van der Waals surface area contributed by atoms with Gasteiger partial charge in [0, 0.05) is 31.9 Å². The molecular formula is C13H22N6S. The lowest BCUT2D eigenvalue weighted by atomic mass is 10.1. The van der Waals surface area contributed by atoms with Crippen LogP contribution in [0.1, 0.15) is 25.7 Å². The molecular weight excluding hydrogens is 272 g/mol. The summed E-state index contributed by atoms with van der Waals surface area (Å²) in [4.78, 5) is 15.8. The van der Waals surface area contributed by atoms with Crippen molar-refractivity contribution in [3.05, 3.63) is 0 Å². The first-order valence-corrected chi connectivity index (χ1v) is 8.53. The molecule has 0 amide bonds. The highest BCUT2D eigenvalue weighted by Crippen LogP contribution is 2.22. The molecule has 20 heavy (non-hydrogen) atoms. The number of hydrogen-bond donors (Lipinski definition) is 2. The molecule has 1 atom stereocenters. The average Bonchev–Trinajstić information content (AvgIpc) is 3.00. The van der Waals surface area contributed by atoms with E-state index in [9.17, 15) is 0 Å². The van der Waals surface area contributed by atoms with Crippen LogP contribution in [-0.2, 0) is 0 Å². The molecule has 0 aliphatic carbocycles. The predicted octanol–water partition coefficient (Wildman–Crippen LogP) is 1.82. The minimum Gasteiger partial charge on any atom is -0.357 e. The maximum atomic E-state index is 4.61. The van der Waals surface area contributed by atoms with Gasteiger partial charge in [-0.1, -0.05) is 0 Å². The van der Waals surface area contributed by atoms with Crippen molar-refractivity contribution < 1.29 is 0 Å². The highest BCUT2D eigenvalue weighted by Gasteiger charge is 2.19. The second-order valence-electron chi connectivity index (χ2n) is 5.29. The molecule has 2 saturated heterocycles. The maximum absolute atomic E-state index is 4.61. The van der Waals surface area contributed by atoms with Gasteiger partial charge in [0.2, 0.25) is 17.8 Å². The van der Waals surface area contributed by atoms with Crippen LogP contribution in [-0.4, -0.2) is 52.6 Å². The van der Waals surface area contributed by atoms with Crippen molar-refractivity contribution in [2.45, 2.75) is 31.7 Å². The number of anilines is 3. The normalized spacial score (nSPS) is 22.9. The Balaban J connectivity index is 1.77. The largest absolute Gasteiger partial charge is 0.357 e. The summed E-state index contributed by atoms with van der Waals surface area (Å²) >= 11 is 1.98. The molecule has 0 radical (unpaired) electrons. The zero-order valence-corrected chi connectivity index (χ0v) is 12.7. The number of aromatic nitrogens is 3. The zero-order chi connectivity index (χ0) is 13.8. The van der Waals surface area contributed by atoms with Crippen molar-refractivity contribution in [2.75, 3.05) is 47.2 Å². The molecule has 6 nitrogen and oxygen atoms in total. The van der Waals surface area contributed by atoms with Crippen LogP contribution in [0.5, 0.6) is 0 Å². The first-order valence-electron chi connectivity index (χ1n) is 7.38. The zero-order valence-electron chi connectivity index (χ0n) is 11.9. The van der Waals surface area contributed by atoms with E-state index in [0.29, 0.717) is 17.9 Å². The van der Waals surface area contributed by atoms with E-state index in [1.54, 1.807) is 0 Å². The minimum absolute atomic E-state index is 0.487. The Kier molecular flexibility index (Phi) is 4.44. The minimum atomic E-state index is 0.487. The topological polar surface area (TPSA) is 66.0 Å². The van der Waals surface area contributed by atoms with E-state index in [0.717, 1.165) is 24.8 Å². The Bertz CT molecular complexity index is 442. The molecule has 2 N–H and O–H groups in total. The van der Waals surface area contributed by atoms with Crippen molar-refractivity contribution >= 4 is 29.6 Å². The third-order valence-electron chi connectivity index (χ3n) is 3.75. The van der Waals surface area contributed by atoms with E-state index in [1.165, 1.54) is 31.4 Å². The molecule has 0 spiro atoms. The van der Waals surface area contributed by atoms with E-state index >= 15 is 0 Å². The maximum Gasteiger partial charge on any atom is 0.231 e. The van der Waals surface area contributed by atoms with Crippen LogP contribution >= 0.6 is 11.8 Å². The van der Waals surface area contributed by atoms with E-state index in [-0.39, 0.29) is 0 Å². The number of piperidine rings is 1. The van der Waals surface area contributed by atoms with Crippen LogP contribution in [0, 0.1) is 0 Å². The van der Waals surface area contributed by atoms with E-state index < -0.39 is 0 Å². The molecule has 0 aromatic carbocycles. The third-order valence-corrected chi connectivity index (χ3v) is 4.91. The summed E-state index contributed by atoms with van der Waals surface area (Å²) in [6, 6.07) is 0.487. The second kappa shape index (κ2) is 6.47. The van der Waals surface area contributed by atoms with Gasteiger partial charge in [0.05, 0.1) is 0 Å². The smallest absolute Gasteiger partial charge is 0.231 e. The van der Waals surface area contributed by atoms with Gasteiger partial charge in [-0.25, -0.2) is 0 Å². The Labute approximate surface area is 124 Å². The van der Waals surface area contributed by atoms with Gasteiger partial charge in [-0.05, 0) is 31.4 Å². The third kappa shape index (κ3) is 3.26. The molecule has 3 rings (SSSR count). The number of nitrogens with zero attached hydrogens (tertiary/aromatic N) is 4. The van der Waals surface area contributed by atoms with Crippen LogP contribution in [0.3, 0.4) is 0 Å². The summed E-state index contributed by atoms with van der Waals surface area (Å²) in [6.07, 6.45) is 4.94. The number of nitrogens with one attached hydrogen (secondary N) is 2. The SMILES string of the molecule is CNc1nc(NC2CCSC2)nc(N2CCCCC2)n1. The van der Waals surface area contributed by atoms with Crippen molar-refractivity contribution in [3.8, 4) is 0 Å². The van der Waals surface area contributed by atoms with E-state index in [2.05, 4.69) is 30.5 Å². The van der Waals surface area contributed by atoms with Crippen molar-refractivity contribution in [1.29, 1.82) is 0 Å². The fourth-order valence-corrected chi connectivity index (χ4v) is 3.76. The van der Waals surface area contributed by atoms with Crippen LogP contribution in [0.4, 0.5) is 17.8 Å². The number of hydrogen-bond acceptors (Lipinski definition) is 7. The van der Waals surface area contributed by atoms with Gasteiger partial charge in [0.15, 0.2) is 0 Å². The summed E-state index contributed by atoms with van der Waals surface area (Å²) in [5, 5.41) is 6.48. The van der Waals surface area contributed by atoms with Gasteiger partial charge in [-0.2, -0.15) is 26.7 Å². The molecule has 0 bridgehead atoms. The average molecular weight is 294 g/mol. The standard InChI is InChI=1S/C13H22N6S/c1-14-11-16-12(15-10-5-8-20-9-10)18-13(17-11)19-6-3-2-4-7-19/h10H,2-9H2,1H3,(H2,14,15,16,17,18). The predicted molar refractivity (Wildman–Crippen MR) is 84.8 cm³/mol. The van der Waals surface area contributed by atoms with Gasteiger partial charge in [-0.15, -0.1) is 0 Å². The van der Waals surface area contributed by atoms with Crippen LogP contribution in [0.15, 0.2) is 0 Å². The molecule has 2 aliphatic heterocycles. The summed E-state index contributed by atoms with van der Waals surface area (Å²) in [6.45, 7) is 2.10. The van der Waals surface area contributed by atoms with Gasteiger partial charge < -0.3 is 15.5 Å². The Morgan fingerprint density at radius 2 is 1.90 bits per heavy atom.